The van der Waals surface area contributed by atoms with Crippen molar-refractivity contribution in [1.29, 1.82) is 0 Å². The highest BCUT2D eigenvalue weighted by atomic mass is 16.5. The summed E-state index contributed by atoms with van der Waals surface area (Å²) in [5.41, 5.74) is 2.11. The number of likely N-dealkylation sites (tertiary alicyclic amines) is 1. The number of nitrogens with zero attached hydrogens (tertiary/aromatic N) is 3. The predicted octanol–water partition coefficient (Wildman–Crippen LogP) is 2.90. The maximum absolute atomic E-state index is 13.3. The summed E-state index contributed by atoms with van der Waals surface area (Å²) in [4.78, 5) is 30.2. The van der Waals surface area contributed by atoms with Crippen molar-refractivity contribution in [1.82, 2.24) is 14.4 Å². The number of ether oxygens (including phenoxy) is 1. The van der Waals surface area contributed by atoms with E-state index in [4.69, 9.17) is 9.15 Å². The smallest absolute Gasteiger partial charge is 0.259 e. The zero-order valence-electron chi connectivity index (χ0n) is 17.8. The lowest BCUT2D eigenvalue weighted by Crippen LogP contribution is -2.33. The third kappa shape index (κ3) is 3.74. The minimum atomic E-state index is -0.115. The summed E-state index contributed by atoms with van der Waals surface area (Å²) in [6.07, 6.45) is 2.66. The van der Waals surface area contributed by atoms with Crippen LogP contribution in [-0.4, -0.2) is 53.6 Å². The van der Waals surface area contributed by atoms with Crippen molar-refractivity contribution >= 4 is 16.9 Å². The second-order valence-electron chi connectivity index (χ2n) is 8.30. The number of para-hydroxylation sites is 1. The van der Waals surface area contributed by atoms with Crippen LogP contribution in [0.25, 0.3) is 11.0 Å². The molecule has 0 radical (unpaired) electrons. The molecule has 2 aliphatic heterocycles. The van der Waals surface area contributed by atoms with Crippen LogP contribution in [0.2, 0.25) is 0 Å². The Bertz CT molecular complexity index is 1140. The van der Waals surface area contributed by atoms with Gasteiger partial charge in [-0.3, -0.25) is 14.5 Å². The average Bonchev–Trinajstić information content (AvgIpc) is 3.40. The molecular formula is C24H27N3O4. The summed E-state index contributed by atoms with van der Waals surface area (Å²) in [7, 11) is 1.52. The summed E-state index contributed by atoms with van der Waals surface area (Å²) in [5.74, 6) is 1.27. The standard InChI is InChI=1S/C24H27N3O4/c1-30-21-15-22(28)27-13-12-25(16-18-14-17-6-2-3-7-20(17)31-18)11-8-19(27)23(21)24(29)26-9-4-5-10-26/h2-3,6-7,14-15H,4-5,8-13,16H2,1H3. The third-order valence-electron chi connectivity index (χ3n) is 6.37. The highest BCUT2D eigenvalue weighted by molar-refractivity contribution is 5.98. The number of rotatable bonds is 4. The van der Waals surface area contributed by atoms with Gasteiger partial charge in [-0.2, -0.15) is 0 Å². The minimum Gasteiger partial charge on any atom is -0.496 e. The van der Waals surface area contributed by atoms with Gasteiger partial charge in [-0.05, 0) is 25.0 Å². The lowest BCUT2D eigenvalue weighted by Gasteiger charge is -2.21. The summed E-state index contributed by atoms with van der Waals surface area (Å²) in [6, 6.07) is 11.5. The number of methoxy groups -OCH3 is 1. The number of hydrogen-bond donors (Lipinski definition) is 0. The molecule has 2 aliphatic rings. The summed E-state index contributed by atoms with van der Waals surface area (Å²) < 4.78 is 13.2. The molecule has 4 heterocycles. The first kappa shape index (κ1) is 19.9. The first-order valence-corrected chi connectivity index (χ1v) is 10.9. The van der Waals surface area contributed by atoms with Crippen LogP contribution < -0.4 is 10.3 Å². The highest BCUT2D eigenvalue weighted by Gasteiger charge is 2.29. The molecule has 1 fully saturated rings. The van der Waals surface area contributed by atoms with Crippen molar-refractivity contribution in [3.63, 3.8) is 0 Å². The van der Waals surface area contributed by atoms with Crippen LogP contribution in [-0.2, 0) is 19.5 Å². The summed E-state index contributed by atoms with van der Waals surface area (Å²) in [6.45, 7) is 4.19. The molecule has 0 N–H and O–H groups in total. The first-order chi connectivity index (χ1) is 15.1. The second-order valence-corrected chi connectivity index (χ2v) is 8.30. The van der Waals surface area contributed by atoms with Gasteiger partial charge < -0.3 is 18.6 Å². The number of carbonyl (C=O) groups excluding carboxylic acids is 1. The van der Waals surface area contributed by atoms with Gasteiger partial charge in [0.1, 0.15) is 22.7 Å². The van der Waals surface area contributed by atoms with E-state index in [1.807, 2.05) is 29.2 Å². The van der Waals surface area contributed by atoms with Crippen molar-refractivity contribution < 1.29 is 13.9 Å². The van der Waals surface area contributed by atoms with Crippen LogP contribution in [0.1, 0.15) is 34.7 Å². The maximum atomic E-state index is 13.3. The third-order valence-corrected chi connectivity index (χ3v) is 6.37. The van der Waals surface area contributed by atoms with E-state index in [-0.39, 0.29) is 11.5 Å². The van der Waals surface area contributed by atoms with Crippen molar-refractivity contribution in [2.75, 3.05) is 33.3 Å². The van der Waals surface area contributed by atoms with Crippen molar-refractivity contribution in [2.24, 2.45) is 0 Å². The largest absolute Gasteiger partial charge is 0.496 e. The predicted molar refractivity (Wildman–Crippen MR) is 118 cm³/mol. The van der Waals surface area contributed by atoms with Crippen LogP contribution in [0, 0.1) is 0 Å². The van der Waals surface area contributed by atoms with Gasteiger partial charge in [0.25, 0.3) is 11.5 Å². The van der Waals surface area contributed by atoms with Crippen molar-refractivity contribution in [3.8, 4) is 5.75 Å². The number of pyridine rings is 1. The van der Waals surface area contributed by atoms with Crippen molar-refractivity contribution in [2.45, 2.75) is 32.4 Å². The zero-order valence-corrected chi connectivity index (χ0v) is 17.8. The molecule has 162 valence electrons. The molecule has 0 atom stereocenters. The van der Waals surface area contributed by atoms with E-state index < -0.39 is 0 Å². The number of hydrogen-bond acceptors (Lipinski definition) is 5. The topological polar surface area (TPSA) is 67.9 Å². The van der Waals surface area contributed by atoms with E-state index in [2.05, 4.69) is 11.0 Å². The van der Waals surface area contributed by atoms with Gasteiger partial charge >= 0.3 is 0 Å². The molecule has 7 nitrogen and oxygen atoms in total. The molecule has 31 heavy (non-hydrogen) atoms. The lowest BCUT2D eigenvalue weighted by molar-refractivity contribution is 0.0787. The molecule has 0 saturated carbocycles. The van der Waals surface area contributed by atoms with Gasteiger partial charge in [0.2, 0.25) is 0 Å². The molecule has 0 unspecified atom stereocenters. The van der Waals surface area contributed by atoms with Gasteiger partial charge in [0.05, 0.1) is 13.7 Å². The Morgan fingerprint density at radius 1 is 1.06 bits per heavy atom. The Hall–Kier alpha value is -3.06. The fourth-order valence-corrected chi connectivity index (χ4v) is 4.76. The zero-order chi connectivity index (χ0) is 21.4. The van der Waals surface area contributed by atoms with E-state index in [0.29, 0.717) is 37.4 Å². The molecule has 7 heteroatoms. The second kappa shape index (κ2) is 8.23. The molecular weight excluding hydrogens is 394 g/mol. The van der Waals surface area contributed by atoms with Crippen molar-refractivity contribution in [3.05, 3.63) is 63.8 Å². The molecule has 0 aliphatic carbocycles. The Morgan fingerprint density at radius 2 is 1.87 bits per heavy atom. The van der Waals surface area contributed by atoms with E-state index >= 15 is 0 Å². The van der Waals surface area contributed by atoms with Crippen LogP contribution in [0.4, 0.5) is 0 Å². The Balaban J connectivity index is 1.43. The number of furan rings is 1. The molecule has 5 rings (SSSR count). The van der Waals surface area contributed by atoms with Crippen LogP contribution in [0.3, 0.4) is 0 Å². The first-order valence-electron chi connectivity index (χ1n) is 10.9. The number of aromatic nitrogens is 1. The Labute approximate surface area is 180 Å². The highest BCUT2D eigenvalue weighted by Crippen LogP contribution is 2.27. The fraction of sp³-hybridized carbons (Fsp3) is 0.417. The van der Waals surface area contributed by atoms with E-state index in [0.717, 1.165) is 54.9 Å². The van der Waals surface area contributed by atoms with E-state index in [1.54, 1.807) is 4.57 Å². The molecule has 0 bridgehead atoms. The van der Waals surface area contributed by atoms with Crippen LogP contribution in [0.5, 0.6) is 5.75 Å². The molecule has 1 amide bonds. The van der Waals surface area contributed by atoms with Crippen LogP contribution >= 0.6 is 0 Å². The van der Waals surface area contributed by atoms with Crippen LogP contribution in [0.15, 0.2) is 45.6 Å². The summed E-state index contributed by atoms with van der Waals surface area (Å²) >= 11 is 0. The Morgan fingerprint density at radius 3 is 2.65 bits per heavy atom. The molecule has 1 aromatic carbocycles. The number of fused-ring (bicyclic) bond motifs is 2. The maximum Gasteiger partial charge on any atom is 0.259 e. The lowest BCUT2D eigenvalue weighted by atomic mass is 10.1. The van der Waals surface area contributed by atoms with E-state index in [1.165, 1.54) is 13.2 Å². The quantitative estimate of drug-likeness (QED) is 0.648. The SMILES string of the molecule is COc1cc(=O)n2c(c1C(=O)N1CCCC1)CCN(Cc1cc3ccccc3o1)CC2. The molecule has 1 saturated heterocycles. The van der Waals surface area contributed by atoms with Gasteiger partial charge in [0, 0.05) is 56.3 Å². The number of benzene rings is 1. The number of carbonyl (C=O) groups is 1. The minimum absolute atomic E-state index is 0.0242. The van der Waals surface area contributed by atoms with Gasteiger partial charge in [0.15, 0.2) is 0 Å². The van der Waals surface area contributed by atoms with E-state index in [9.17, 15) is 9.59 Å². The Kier molecular flexibility index (Phi) is 5.28. The molecule has 2 aromatic heterocycles. The summed E-state index contributed by atoms with van der Waals surface area (Å²) in [5, 5.41) is 1.09. The van der Waals surface area contributed by atoms with Gasteiger partial charge in [-0.1, -0.05) is 18.2 Å². The fourth-order valence-electron chi connectivity index (χ4n) is 4.76. The monoisotopic (exact) mass is 421 g/mol. The van der Waals surface area contributed by atoms with Gasteiger partial charge in [-0.25, -0.2) is 0 Å². The normalized spacial score (nSPS) is 17.0. The average molecular weight is 421 g/mol. The molecule has 3 aromatic rings. The van der Waals surface area contributed by atoms with Gasteiger partial charge in [-0.15, -0.1) is 0 Å². The number of amides is 1. The molecule has 0 spiro atoms.